The van der Waals surface area contributed by atoms with Gasteiger partial charge in [0, 0.05) is 0 Å². The van der Waals surface area contributed by atoms with Gasteiger partial charge < -0.3 is 9.05 Å². The lowest BCUT2D eigenvalue weighted by molar-refractivity contribution is 0.430. The summed E-state index contributed by atoms with van der Waals surface area (Å²) in [5.74, 6) is -0.0169. The van der Waals surface area contributed by atoms with E-state index in [2.05, 4.69) is 51.6 Å². The summed E-state index contributed by atoms with van der Waals surface area (Å²) in [5.41, 5.74) is 1.06. The molecular weight excluding hydrogens is 774 g/mol. The summed E-state index contributed by atoms with van der Waals surface area (Å²) in [7, 11) is -7.70. The maximum absolute atomic E-state index is 12.0. The van der Waals surface area contributed by atoms with Crippen molar-refractivity contribution in [1.29, 1.82) is 0 Å². The van der Waals surface area contributed by atoms with Crippen LogP contribution in [0.1, 0.15) is 11.4 Å². The van der Waals surface area contributed by atoms with Crippen LogP contribution in [0.5, 0.6) is 0 Å². The molecule has 0 bridgehead atoms. The van der Waals surface area contributed by atoms with Gasteiger partial charge in [0.1, 0.15) is 27.4 Å². The molecule has 20 heteroatoms. The van der Waals surface area contributed by atoms with Crippen molar-refractivity contribution in [1.82, 2.24) is 10.3 Å². The molecule has 0 fully saturated rings. The van der Waals surface area contributed by atoms with E-state index < -0.39 is 20.0 Å². The minimum atomic E-state index is -3.85. The van der Waals surface area contributed by atoms with Gasteiger partial charge in [0.05, 0.1) is 20.1 Å². The molecule has 0 saturated carbocycles. The fourth-order valence-corrected chi connectivity index (χ4v) is 9.26. The number of hydrogen-bond acceptors (Lipinski definition) is 10. The number of aryl methyl sites for hydroxylation is 2. The minimum absolute atomic E-state index is 0.00844. The molecule has 0 aliphatic carbocycles. The molecule has 0 amide bonds. The zero-order chi connectivity index (χ0) is 27.0. The smallest absolute Gasteiger partial charge is 0.266 e. The van der Waals surface area contributed by atoms with Gasteiger partial charge in [-0.15, -0.1) is 22.7 Å². The molecule has 4 heterocycles. The Labute approximate surface area is 249 Å². The highest BCUT2D eigenvalue weighted by Gasteiger charge is 2.25. The van der Waals surface area contributed by atoms with Crippen molar-refractivity contribution in [2.24, 2.45) is 0 Å². The van der Waals surface area contributed by atoms with Crippen molar-refractivity contribution in [3.05, 3.63) is 49.8 Å². The van der Waals surface area contributed by atoms with Crippen LogP contribution in [0, 0.1) is 13.8 Å². The Morgan fingerprint density at radius 1 is 0.750 bits per heavy atom. The highest BCUT2D eigenvalue weighted by molar-refractivity contribution is 9.11. The van der Waals surface area contributed by atoms with Crippen LogP contribution in [0.15, 0.2) is 39.9 Å². The number of thiophene rings is 2. The molecule has 196 valence electrons. The molecule has 0 radical (unpaired) electrons. The average molecular weight is 784 g/mol. The van der Waals surface area contributed by atoms with Gasteiger partial charge in [-0.25, -0.2) is 26.3 Å². The molecule has 0 saturated heterocycles. The van der Waals surface area contributed by atoms with Gasteiger partial charge in [0.25, 0.3) is 31.8 Å². The molecule has 2 N–H and O–H groups in total. The van der Waals surface area contributed by atoms with Gasteiger partial charge in [-0.1, -0.05) is 56.7 Å². The van der Waals surface area contributed by atoms with Gasteiger partial charge >= 0.3 is 0 Å². The third-order valence-corrected chi connectivity index (χ3v) is 11.9. The Bertz CT molecular complexity index is 1510. The van der Waals surface area contributed by atoms with Crippen molar-refractivity contribution >= 4 is 133 Å². The Kier molecular flexibility index (Phi) is 9.72. The summed E-state index contributed by atoms with van der Waals surface area (Å²) in [4.78, 5) is -0.194. The van der Waals surface area contributed by atoms with Crippen LogP contribution in [-0.2, 0) is 20.0 Å². The number of nitrogens with zero attached hydrogens (tertiary/aromatic N) is 2. The molecule has 4 aromatic heterocycles. The van der Waals surface area contributed by atoms with Crippen molar-refractivity contribution in [2.45, 2.75) is 23.6 Å². The van der Waals surface area contributed by atoms with Crippen molar-refractivity contribution < 1.29 is 25.9 Å². The van der Waals surface area contributed by atoms with Crippen molar-refractivity contribution in [2.75, 3.05) is 9.44 Å². The van der Waals surface area contributed by atoms with Crippen LogP contribution in [0.4, 0.5) is 11.8 Å². The van der Waals surface area contributed by atoms with Gasteiger partial charge in [-0.3, -0.25) is 0 Å². The molecule has 0 aliphatic rings. The Morgan fingerprint density at radius 2 is 1.08 bits per heavy atom. The monoisotopic (exact) mass is 780 g/mol. The minimum Gasteiger partial charge on any atom is -0.336 e. The Morgan fingerprint density at radius 3 is 1.31 bits per heavy atom. The first kappa shape index (κ1) is 30.0. The van der Waals surface area contributed by atoms with Gasteiger partial charge in [-0.05, 0) is 57.8 Å². The summed E-state index contributed by atoms with van der Waals surface area (Å²) in [6.45, 7) is 3.33. The van der Waals surface area contributed by atoms with Crippen LogP contribution in [0.2, 0.25) is 17.3 Å². The summed E-state index contributed by atoms with van der Waals surface area (Å²) in [6.07, 6.45) is 0. The third kappa shape index (κ3) is 6.90. The van der Waals surface area contributed by atoms with Crippen molar-refractivity contribution in [3.8, 4) is 0 Å². The number of nitrogens with one attached hydrogen (secondary N) is 2. The van der Waals surface area contributed by atoms with E-state index in [1.165, 1.54) is 12.1 Å². The van der Waals surface area contributed by atoms with E-state index in [-0.39, 0.29) is 38.9 Å². The number of hydrogen-bond donors (Lipinski definition) is 2. The van der Waals surface area contributed by atoms with Crippen LogP contribution < -0.4 is 9.44 Å². The second-order valence-corrected chi connectivity index (χ2v) is 15.9. The Balaban J connectivity index is 0.000000201. The van der Waals surface area contributed by atoms with Crippen LogP contribution >= 0.6 is 101 Å². The van der Waals surface area contributed by atoms with Gasteiger partial charge in [0.2, 0.25) is 0 Å². The van der Waals surface area contributed by atoms with Crippen molar-refractivity contribution in [3.63, 3.8) is 0 Å². The molecule has 4 rings (SSSR count). The number of sulfonamides is 2. The topological polar surface area (TPSA) is 144 Å². The number of halogens is 6. The van der Waals surface area contributed by atoms with E-state index in [9.17, 15) is 16.8 Å². The summed E-state index contributed by atoms with van der Waals surface area (Å²) >= 11 is 31.3. The van der Waals surface area contributed by atoms with E-state index in [0.717, 1.165) is 22.7 Å². The van der Waals surface area contributed by atoms with E-state index >= 15 is 0 Å². The standard InChI is InChI=1S/2C8H5BrCl2N2O3S2/c2*1-3-6(9)8(16-12-3)13-18(14,15)4-2-5(10)17-7(4)11/h2*2,13H,1H3. The van der Waals surface area contributed by atoms with E-state index in [0.29, 0.717) is 20.3 Å². The highest BCUT2D eigenvalue weighted by Crippen LogP contribution is 2.37. The number of rotatable bonds is 6. The summed E-state index contributed by atoms with van der Waals surface area (Å²) in [5, 5.41) is 7.23. The first-order chi connectivity index (χ1) is 16.6. The third-order valence-electron chi connectivity index (χ3n) is 3.87. The predicted molar refractivity (Wildman–Crippen MR) is 148 cm³/mol. The lowest BCUT2D eigenvalue weighted by atomic mass is 10.5. The lowest BCUT2D eigenvalue weighted by Crippen LogP contribution is -2.12. The molecule has 0 unspecified atom stereocenters. The first-order valence-electron chi connectivity index (χ1n) is 8.81. The van der Waals surface area contributed by atoms with E-state index in [4.69, 9.17) is 55.4 Å². The predicted octanol–water partition coefficient (Wildman–Crippen LogP) is 7.83. The molecule has 4 aromatic rings. The quantitative estimate of drug-likeness (QED) is 0.201. The molecule has 0 aliphatic heterocycles. The molecular formula is C16H10Br2Cl4N4O6S4. The van der Waals surface area contributed by atoms with Crippen LogP contribution in [-0.4, -0.2) is 27.1 Å². The Hall–Kier alpha value is -0.560. The SMILES string of the molecule is Cc1noc(NS(=O)(=O)c2cc(Cl)sc2Cl)c1Br.Cc1noc(NS(=O)(=O)c2cc(Cl)sc2Cl)c1Br. The summed E-state index contributed by atoms with van der Waals surface area (Å²) in [6, 6.07) is 2.54. The highest BCUT2D eigenvalue weighted by atomic mass is 79.9. The molecule has 0 atom stereocenters. The first-order valence-corrected chi connectivity index (χ1v) is 16.5. The molecule has 10 nitrogen and oxygen atoms in total. The fourth-order valence-electron chi connectivity index (χ4n) is 2.21. The zero-order valence-corrected chi connectivity index (χ0v) is 26.9. The van der Waals surface area contributed by atoms with Gasteiger partial charge in [0.15, 0.2) is 0 Å². The zero-order valence-electron chi connectivity index (χ0n) is 17.4. The number of aromatic nitrogens is 2. The largest absolute Gasteiger partial charge is 0.336 e. The lowest BCUT2D eigenvalue weighted by Gasteiger charge is -2.03. The molecule has 0 spiro atoms. The fraction of sp³-hybridized carbons (Fsp3) is 0.125. The number of anilines is 2. The molecule has 36 heavy (non-hydrogen) atoms. The van der Waals surface area contributed by atoms with Crippen LogP contribution in [0.3, 0.4) is 0 Å². The maximum Gasteiger partial charge on any atom is 0.266 e. The average Bonchev–Trinajstić information content (AvgIpc) is 3.49. The van der Waals surface area contributed by atoms with Crippen LogP contribution in [0.25, 0.3) is 0 Å². The maximum atomic E-state index is 12.0. The van der Waals surface area contributed by atoms with E-state index in [1.807, 2.05) is 0 Å². The second-order valence-electron chi connectivity index (χ2n) is 6.41. The normalized spacial score (nSPS) is 11.8. The van der Waals surface area contributed by atoms with E-state index in [1.54, 1.807) is 13.8 Å². The second kappa shape index (κ2) is 11.7. The van der Waals surface area contributed by atoms with Gasteiger partial charge in [-0.2, -0.15) is 0 Å². The summed E-state index contributed by atoms with van der Waals surface area (Å²) < 4.78 is 63.9. The molecule has 0 aromatic carbocycles.